The summed E-state index contributed by atoms with van der Waals surface area (Å²) in [6.45, 7) is 8.65. The molecule has 2 rings (SSSR count). The first-order valence-corrected chi connectivity index (χ1v) is 12.7. The van der Waals surface area contributed by atoms with E-state index in [1.54, 1.807) is 11.0 Å². The molecule has 36 heavy (non-hydrogen) atoms. The summed E-state index contributed by atoms with van der Waals surface area (Å²) in [6.07, 6.45) is 10.6. The van der Waals surface area contributed by atoms with Crippen molar-refractivity contribution < 1.29 is 29.4 Å². The molecule has 0 aliphatic carbocycles. The van der Waals surface area contributed by atoms with Gasteiger partial charge in [-0.1, -0.05) is 42.7 Å². The summed E-state index contributed by atoms with van der Waals surface area (Å²) in [5, 5.41) is 20.7. The van der Waals surface area contributed by atoms with Crippen LogP contribution < -0.4 is 5.48 Å². The smallest absolute Gasteiger partial charge is 0.342 e. The van der Waals surface area contributed by atoms with E-state index in [1.165, 1.54) is 6.08 Å². The lowest BCUT2D eigenvalue weighted by Gasteiger charge is -2.20. The molecule has 1 amide bonds. The van der Waals surface area contributed by atoms with Gasteiger partial charge in [0.2, 0.25) is 0 Å². The number of amides is 1. The predicted octanol–water partition coefficient (Wildman–Crippen LogP) is 5.49. The SMILES string of the molecule is CCCC1CC=CCC/C(C)=C/C(NOCC(=O)N(CC)CC)=C/c2c(Cl)c(O)cc(O)c2C(=O)O1. The van der Waals surface area contributed by atoms with E-state index < -0.39 is 11.7 Å². The Labute approximate surface area is 218 Å². The van der Waals surface area contributed by atoms with Crippen LogP contribution >= 0.6 is 11.6 Å². The van der Waals surface area contributed by atoms with Gasteiger partial charge in [-0.05, 0) is 52.2 Å². The number of hydrogen-bond donors (Lipinski definition) is 3. The van der Waals surface area contributed by atoms with E-state index in [0.717, 1.165) is 30.9 Å². The van der Waals surface area contributed by atoms with Crippen LogP contribution in [0.2, 0.25) is 5.02 Å². The number of esters is 1. The first-order chi connectivity index (χ1) is 17.2. The molecule has 1 aliphatic rings. The van der Waals surface area contributed by atoms with E-state index in [0.29, 0.717) is 31.6 Å². The van der Waals surface area contributed by atoms with Crippen molar-refractivity contribution in [1.29, 1.82) is 0 Å². The highest BCUT2D eigenvalue weighted by Gasteiger charge is 2.25. The molecule has 0 bridgehead atoms. The Balaban J connectivity index is 2.52. The van der Waals surface area contributed by atoms with E-state index in [-0.39, 0.29) is 40.5 Å². The zero-order valence-electron chi connectivity index (χ0n) is 21.5. The van der Waals surface area contributed by atoms with Gasteiger partial charge in [0.15, 0.2) is 6.61 Å². The van der Waals surface area contributed by atoms with E-state index >= 15 is 0 Å². The van der Waals surface area contributed by atoms with Crippen molar-refractivity contribution in [3.05, 3.63) is 51.7 Å². The maximum atomic E-state index is 13.2. The summed E-state index contributed by atoms with van der Waals surface area (Å²) in [4.78, 5) is 32.6. The Morgan fingerprint density at radius 1 is 1.19 bits per heavy atom. The third-order valence-electron chi connectivity index (χ3n) is 5.82. The molecule has 0 radical (unpaired) electrons. The fraction of sp³-hybridized carbons (Fsp3) is 0.481. The number of hydrogen-bond acceptors (Lipinski definition) is 7. The number of nitrogens with zero attached hydrogens (tertiary/aromatic N) is 1. The monoisotopic (exact) mass is 520 g/mol. The minimum absolute atomic E-state index is 0.0761. The molecule has 0 saturated carbocycles. The molecule has 8 nitrogen and oxygen atoms in total. The van der Waals surface area contributed by atoms with Crippen LogP contribution in [-0.4, -0.2) is 52.8 Å². The van der Waals surface area contributed by atoms with Gasteiger partial charge in [-0.15, -0.1) is 0 Å². The summed E-state index contributed by atoms with van der Waals surface area (Å²) in [6, 6.07) is 1.02. The maximum Gasteiger partial charge on any atom is 0.342 e. The second kappa shape index (κ2) is 14.6. The van der Waals surface area contributed by atoms with Crippen LogP contribution in [0.25, 0.3) is 6.08 Å². The molecule has 9 heteroatoms. The molecule has 1 atom stereocenters. The molecule has 0 fully saturated rings. The number of aromatic hydroxyl groups is 2. The number of allylic oxidation sites excluding steroid dienone is 3. The molecule has 1 aromatic rings. The van der Waals surface area contributed by atoms with Crippen LogP contribution in [0.5, 0.6) is 11.5 Å². The van der Waals surface area contributed by atoms with Gasteiger partial charge in [-0.3, -0.25) is 15.1 Å². The van der Waals surface area contributed by atoms with Crippen molar-refractivity contribution in [2.75, 3.05) is 19.7 Å². The number of hydroxylamine groups is 1. The highest BCUT2D eigenvalue weighted by atomic mass is 35.5. The van der Waals surface area contributed by atoms with E-state index in [2.05, 4.69) is 11.6 Å². The molecular weight excluding hydrogens is 484 g/mol. The number of carbonyl (C=O) groups is 2. The Kier molecular flexibility index (Phi) is 11.8. The second-order valence-corrected chi connectivity index (χ2v) is 9.00. The average molecular weight is 521 g/mol. The van der Waals surface area contributed by atoms with Gasteiger partial charge in [0.05, 0.1) is 10.7 Å². The zero-order valence-corrected chi connectivity index (χ0v) is 22.2. The van der Waals surface area contributed by atoms with Crippen molar-refractivity contribution in [3.8, 4) is 11.5 Å². The highest BCUT2D eigenvalue weighted by molar-refractivity contribution is 6.34. The summed E-state index contributed by atoms with van der Waals surface area (Å²) in [7, 11) is 0. The molecule has 0 saturated heterocycles. The van der Waals surface area contributed by atoms with Gasteiger partial charge in [-0.2, -0.15) is 0 Å². The first-order valence-electron chi connectivity index (χ1n) is 12.4. The molecule has 0 aromatic heterocycles. The third-order valence-corrected chi connectivity index (χ3v) is 6.22. The highest BCUT2D eigenvalue weighted by Crippen LogP contribution is 2.38. The number of phenols is 2. The fourth-order valence-corrected chi connectivity index (χ4v) is 4.08. The average Bonchev–Trinajstić information content (AvgIpc) is 2.82. The Morgan fingerprint density at radius 2 is 1.92 bits per heavy atom. The number of phenolic OH excluding ortho intramolecular Hbond substituents is 2. The number of benzene rings is 1. The Bertz CT molecular complexity index is 1010. The Hall–Kier alpha value is -2.97. The van der Waals surface area contributed by atoms with Gasteiger partial charge in [0.25, 0.3) is 5.91 Å². The summed E-state index contributed by atoms with van der Waals surface area (Å²) >= 11 is 6.39. The predicted molar refractivity (Wildman–Crippen MR) is 141 cm³/mol. The van der Waals surface area contributed by atoms with Gasteiger partial charge in [-0.25, -0.2) is 4.79 Å². The van der Waals surface area contributed by atoms with Gasteiger partial charge in [0, 0.05) is 31.1 Å². The second-order valence-electron chi connectivity index (χ2n) is 8.63. The minimum Gasteiger partial charge on any atom is -0.507 e. The normalized spacial score (nSPS) is 19.7. The van der Waals surface area contributed by atoms with Crippen molar-refractivity contribution in [2.24, 2.45) is 0 Å². The number of fused-ring (bicyclic) bond motifs is 1. The van der Waals surface area contributed by atoms with Gasteiger partial charge >= 0.3 is 5.97 Å². The van der Waals surface area contributed by atoms with Crippen molar-refractivity contribution >= 4 is 29.6 Å². The van der Waals surface area contributed by atoms with Crippen LogP contribution in [0, 0.1) is 0 Å². The van der Waals surface area contributed by atoms with E-state index in [4.69, 9.17) is 21.2 Å². The Morgan fingerprint density at radius 3 is 2.58 bits per heavy atom. The number of likely N-dealkylation sites (N-methyl/N-ethyl adjacent to an activating group) is 1. The van der Waals surface area contributed by atoms with Crippen molar-refractivity contribution in [1.82, 2.24) is 10.4 Å². The molecule has 1 unspecified atom stereocenters. The molecule has 1 aliphatic heterocycles. The van der Waals surface area contributed by atoms with Crippen molar-refractivity contribution in [2.45, 2.75) is 65.9 Å². The lowest BCUT2D eigenvalue weighted by atomic mass is 10.0. The summed E-state index contributed by atoms with van der Waals surface area (Å²) in [5.41, 5.74) is 4.06. The van der Waals surface area contributed by atoms with E-state index in [9.17, 15) is 19.8 Å². The molecule has 1 aromatic carbocycles. The minimum atomic E-state index is -0.748. The van der Waals surface area contributed by atoms with Crippen LogP contribution in [0.1, 0.15) is 75.7 Å². The number of cyclic esters (lactones) is 1. The van der Waals surface area contributed by atoms with Crippen LogP contribution in [0.4, 0.5) is 0 Å². The van der Waals surface area contributed by atoms with E-state index in [1.807, 2.05) is 33.8 Å². The standard InChI is InChI=1S/C27H37ClN2O6/c1-5-11-20-13-10-8-9-12-18(4)14-19(29-35-17-24(33)30(6-2)7-3)15-21-25(27(34)36-20)22(31)16-23(32)26(21)28/h8,10,14-16,20,29,31-32H,5-7,9,11-13,17H2,1-4H3/b10-8?,18-14+,19-15-. The fourth-order valence-electron chi connectivity index (χ4n) is 3.88. The van der Waals surface area contributed by atoms with Gasteiger partial charge in [0.1, 0.15) is 23.2 Å². The molecule has 3 N–H and O–H groups in total. The van der Waals surface area contributed by atoms with Crippen LogP contribution in [0.3, 0.4) is 0 Å². The number of nitrogens with one attached hydrogen (secondary N) is 1. The zero-order chi connectivity index (χ0) is 26.7. The molecular formula is C27H37ClN2O6. The number of ether oxygens (including phenoxy) is 1. The number of halogens is 1. The number of rotatable bonds is 8. The van der Waals surface area contributed by atoms with Crippen LogP contribution in [-0.2, 0) is 14.4 Å². The van der Waals surface area contributed by atoms with Crippen molar-refractivity contribution in [3.63, 3.8) is 0 Å². The third kappa shape index (κ3) is 8.31. The lowest BCUT2D eigenvalue weighted by Crippen LogP contribution is -2.35. The first kappa shape index (κ1) is 29.3. The van der Waals surface area contributed by atoms with Gasteiger partial charge < -0.3 is 19.8 Å². The quantitative estimate of drug-likeness (QED) is 0.236. The summed E-state index contributed by atoms with van der Waals surface area (Å²) < 4.78 is 5.72. The number of carbonyl (C=O) groups excluding carboxylic acids is 2. The summed E-state index contributed by atoms with van der Waals surface area (Å²) in [5.74, 6) is -1.77. The maximum absolute atomic E-state index is 13.2. The topological polar surface area (TPSA) is 108 Å². The molecule has 198 valence electrons. The lowest BCUT2D eigenvalue weighted by molar-refractivity contribution is -0.137. The molecule has 1 heterocycles. The van der Waals surface area contributed by atoms with Crippen LogP contribution in [0.15, 0.2) is 35.6 Å². The largest absolute Gasteiger partial charge is 0.507 e. The molecule has 0 spiro atoms.